The van der Waals surface area contributed by atoms with E-state index in [9.17, 15) is 5.11 Å². The Morgan fingerprint density at radius 3 is 1.84 bits per heavy atom. The number of allylic oxidation sites excluding steroid dienone is 1. The van der Waals surface area contributed by atoms with E-state index in [0.717, 1.165) is 21.9 Å². The molecule has 0 aromatic heterocycles. The summed E-state index contributed by atoms with van der Waals surface area (Å²) in [6, 6.07) is 6.42. The van der Waals surface area contributed by atoms with Crippen molar-refractivity contribution in [3.63, 3.8) is 0 Å². The van der Waals surface area contributed by atoms with Crippen LogP contribution in [0.4, 0.5) is 0 Å². The standard InChI is InChI=1S/C24H34O/c1-13(2)17(9)22-19-12-10-11-18(14(3)4)23(19)24(25)21(16(7)8)20(22)15(5)6/h10-16,25H,9H2,1-8H3. The molecule has 1 heteroatoms. The van der Waals surface area contributed by atoms with E-state index in [1.165, 1.54) is 16.7 Å². The molecule has 0 spiro atoms. The Hall–Kier alpha value is -1.76. The van der Waals surface area contributed by atoms with Gasteiger partial charge in [0, 0.05) is 10.9 Å². The highest BCUT2D eigenvalue weighted by Crippen LogP contribution is 2.47. The van der Waals surface area contributed by atoms with Crippen molar-refractivity contribution in [1.82, 2.24) is 0 Å². The van der Waals surface area contributed by atoms with Gasteiger partial charge in [0.25, 0.3) is 0 Å². The summed E-state index contributed by atoms with van der Waals surface area (Å²) in [6.45, 7) is 22.0. The lowest BCUT2D eigenvalue weighted by Gasteiger charge is -2.28. The van der Waals surface area contributed by atoms with E-state index in [2.05, 4.69) is 80.2 Å². The second kappa shape index (κ2) is 7.23. The molecule has 0 unspecified atom stereocenters. The summed E-state index contributed by atoms with van der Waals surface area (Å²) in [5.41, 5.74) is 5.98. The highest BCUT2D eigenvalue weighted by Gasteiger charge is 2.26. The van der Waals surface area contributed by atoms with Crippen molar-refractivity contribution in [3.8, 4) is 5.75 Å². The minimum absolute atomic E-state index is 0.265. The van der Waals surface area contributed by atoms with Crippen LogP contribution in [0.25, 0.3) is 16.3 Å². The molecule has 0 aliphatic rings. The molecule has 2 rings (SSSR count). The van der Waals surface area contributed by atoms with Gasteiger partial charge in [-0.3, -0.25) is 0 Å². The van der Waals surface area contributed by atoms with Gasteiger partial charge >= 0.3 is 0 Å². The molecule has 1 nitrogen and oxygen atoms in total. The second-order valence-corrected chi connectivity index (χ2v) is 8.46. The normalized spacial score (nSPS) is 12.2. The molecule has 25 heavy (non-hydrogen) atoms. The average Bonchev–Trinajstić information content (AvgIpc) is 2.52. The van der Waals surface area contributed by atoms with E-state index in [4.69, 9.17) is 0 Å². The molecule has 0 amide bonds. The van der Waals surface area contributed by atoms with Crippen LogP contribution in [0.15, 0.2) is 24.8 Å². The predicted octanol–water partition coefficient (Wildman–Crippen LogP) is 7.58. The summed E-state index contributed by atoms with van der Waals surface area (Å²) in [5.74, 6) is 1.80. The van der Waals surface area contributed by atoms with Gasteiger partial charge in [-0.1, -0.05) is 80.2 Å². The highest BCUT2D eigenvalue weighted by molar-refractivity contribution is 6.02. The molecule has 0 bridgehead atoms. The van der Waals surface area contributed by atoms with Crippen molar-refractivity contribution in [3.05, 3.63) is 47.0 Å². The van der Waals surface area contributed by atoms with Crippen LogP contribution in [0.1, 0.15) is 95.4 Å². The lowest BCUT2D eigenvalue weighted by atomic mass is 9.77. The molecule has 0 heterocycles. The van der Waals surface area contributed by atoms with Gasteiger partial charge in [-0.2, -0.15) is 0 Å². The molecule has 0 fully saturated rings. The Kier molecular flexibility index (Phi) is 5.66. The maximum atomic E-state index is 11.3. The Bertz CT molecular complexity index is 792. The molecule has 0 saturated carbocycles. The molecule has 0 saturated heterocycles. The van der Waals surface area contributed by atoms with E-state index in [-0.39, 0.29) is 5.92 Å². The van der Waals surface area contributed by atoms with Crippen LogP contribution in [0.2, 0.25) is 0 Å². The van der Waals surface area contributed by atoms with Gasteiger partial charge in [0.15, 0.2) is 0 Å². The molecular weight excluding hydrogens is 304 g/mol. The molecule has 136 valence electrons. The second-order valence-electron chi connectivity index (χ2n) is 8.46. The van der Waals surface area contributed by atoms with Crippen LogP contribution < -0.4 is 0 Å². The van der Waals surface area contributed by atoms with Crippen molar-refractivity contribution in [2.75, 3.05) is 0 Å². The molecule has 2 aromatic carbocycles. The van der Waals surface area contributed by atoms with Crippen LogP contribution in [0.5, 0.6) is 5.75 Å². The zero-order chi connectivity index (χ0) is 19.0. The summed E-state index contributed by atoms with van der Waals surface area (Å²) in [6.07, 6.45) is 0. The monoisotopic (exact) mass is 338 g/mol. The Balaban J connectivity index is 3.15. The molecule has 0 aliphatic carbocycles. The molecular formula is C24H34O. The summed E-state index contributed by atoms with van der Waals surface area (Å²) >= 11 is 0. The summed E-state index contributed by atoms with van der Waals surface area (Å²) in [5, 5.41) is 13.5. The van der Waals surface area contributed by atoms with Gasteiger partial charge in [0.1, 0.15) is 5.75 Å². The Morgan fingerprint density at radius 2 is 1.40 bits per heavy atom. The van der Waals surface area contributed by atoms with Crippen molar-refractivity contribution < 1.29 is 5.11 Å². The van der Waals surface area contributed by atoms with Gasteiger partial charge in [0.05, 0.1) is 0 Å². The van der Waals surface area contributed by atoms with E-state index in [1.54, 1.807) is 0 Å². The summed E-state index contributed by atoms with van der Waals surface area (Å²) in [7, 11) is 0. The maximum Gasteiger partial charge on any atom is 0.127 e. The SMILES string of the molecule is C=C(c1c(C(C)C)c(C(C)C)c(O)c2c(C(C)C)cccc12)C(C)C. The summed E-state index contributed by atoms with van der Waals surface area (Å²) < 4.78 is 0. The lowest BCUT2D eigenvalue weighted by Crippen LogP contribution is -2.08. The van der Waals surface area contributed by atoms with Crippen molar-refractivity contribution in [2.45, 2.75) is 73.1 Å². The maximum absolute atomic E-state index is 11.3. The van der Waals surface area contributed by atoms with E-state index < -0.39 is 0 Å². The van der Waals surface area contributed by atoms with Crippen LogP contribution in [0.3, 0.4) is 0 Å². The minimum Gasteiger partial charge on any atom is -0.507 e. The zero-order valence-corrected chi connectivity index (χ0v) is 17.2. The van der Waals surface area contributed by atoms with Gasteiger partial charge in [-0.25, -0.2) is 0 Å². The number of hydrogen-bond acceptors (Lipinski definition) is 1. The third-order valence-electron chi connectivity index (χ3n) is 5.21. The first kappa shape index (κ1) is 19.6. The lowest BCUT2D eigenvalue weighted by molar-refractivity contribution is 0.468. The minimum atomic E-state index is 0.265. The van der Waals surface area contributed by atoms with Gasteiger partial charge in [-0.05, 0) is 51.3 Å². The Labute approximate surface area is 153 Å². The van der Waals surface area contributed by atoms with Crippen molar-refractivity contribution in [1.29, 1.82) is 0 Å². The molecule has 0 radical (unpaired) electrons. The Morgan fingerprint density at radius 1 is 0.840 bits per heavy atom. The first-order valence-corrected chi connectivity index (χ1v) is 9.59. The zero-order valence-electron chi connectivity index (χ0n) is 17.2. The molecule has 1 N–H and O–H groups in total. The fourth-order valence-corrected chi connectivity index (χ4v) is 3.88. The summed E-state index contributed by atoms with van der Waals surface area (Å²) in [4.78, 5) is 0. The van der Waals surface area contributed by atoms with Crippen LogP contribution in [-0.4, -0.2) is 5.11 Å². The largest absolute Gasteiger partial charge is 0.507 e. The van der Waals surface area contributed by atoms with E-state index in [1.807, 2.05) is 0 Å². The van der Waals surface area contributed by atoms with Gasteiger partial charge in [0.2, 0.25) is 0 Å². The van der Waals surface area contributed by atoms with E-state index >= 15 is 0 Å². The van der Waals surface area contributed by atoms with Crippen molar-refractivity contribution >= 4 is 16.3 Å². The van der Waals surface area contributed by atoms with Gasteiger partial charge < -0.3 is 5.11 Å². The van der Waals surface area contributed by atoms with Crippen LogP contribution in [0, 0.1) is 5.92 Å². The molecule has 2 aromatic rings. The first-order valence-electron chi connectivity index (χ1n) is 9.59. The fraction of sp³-hybridized carbons (Fsp3) is 0.500. The van der Waals surface area contributed by atoms with Crippen molar-refractivity contribution in [2.24, 2.45) is 5.92 Å². The topological polar surface area (TPSA) is 20.2 Å². The molecule has 0 atom stereocenters. The first-order chi connectivity index (χ1) is 11.6. The quantitative estimate of drug-likeness (QED) is 0.595. The number of aromatic hydroxyl groups is 1. The number of benzene rings is 2. The average molecular weight is 339 g/mol. The van der Waals surface area contributed by atoms with Gasteiger partial charge in [-0.15, -0.1) is 0 Å². The number of hydrogen-bond donors (Lipinski definition) is 1. The smallest absolute Gasteiger partial charge is 0.127 e. The van der Waals surface area contributed by atoms with E-state index in [0.29, 0.717) is 23.5 Å². The highest BCUT2D eigenvalue weighted by atomic mass is 16.3. The molecule has 0 aliphatic heterocycles. The number of phenols is 1. The third kappa shape index (κ3) is 3.34. The number of rotatable bonds is 5. The fourth-order valence-electron chi connectivity index (χ4n) is 3.88. The third-order valence-corrected chi connectivity index (χ3v) is 5.21. The van der Waals surface area contributed by atoms with Crippen LogP contribution in [-0.2, 0) is 0 Å². The number of fused-ring (bicyclic) bond motifs is 1. The number of phenolic OH excluding ortho intramolecular Hbond substituents is 1. The van der Waals surface area contributed by atoms with Crippen LogP contribution >= 0.6 is 0 Å². The predicted molar refractivity (Wildman–Crippen MR) is 112 cm³/mol.